The first-order valence-corrected chi connectivity index (χ1v) is 11.9. The number of hydrogen-bond acceptors (Lipinski definition) is 6. The maximum Gasteiger partial charge on any atom is 0.191 e. The van der Waals surface area contributed by atoms with E-state index in [9.17, 15) is 0 Å². The summed E-state index contributed by atoms with van der Waals surface area (Å²) < 4.78 is 2.16. The summed E-state index contributed by atoms with van der Waals surface area (Å²) in [5.74, 6) is 1.68. The van der Waals surface area contributed by atoms with Crippen LogP contribution in [0.15, 0.2) is 66.1 Å². The number of nitrogens with zero attached hydrogens (tertiary/aromatic N) is 5. The molecule has 0 atom stereocenters. The van der Waals surface area contributed by atoms with Gasteiger partial charge in [-0.05, 0) is 49.6 Å². The number of unbranched alkanes of at least 4 members (excludes halogenated alkanes) is 1. The van der Waals surface area contributed by atoms with E-state index in [1.807, 2.05) is 24.3 Å². The van der Waals surface area contributed by atoms with Crippen molar-refractivity contribution in [1.82, 2.24) is 29.7 Å². The predicted octanol–water partition coefficient (Wildman–Crippen LogP) is 4.44. The molecule has 0 spiro atoms. The average molecular weight is 444 g/mol. The number of H-pyrrole nitrogens is 1. The molecule has 5 rings (SSSR count). The monoisotopic (exact) mass is 443 g/mol. The molecule has 0 bridgehead atoms. The van der Waals surface area contributed by atoms with E-state index < -0.39 is 0 Å². The van der Waals surface area contributed by atoms with Gasteiger partial charge in [0.05, 0.1) is 17.2 Å². The summed E-state index contributed by atoms with van der Waals surface area (Å²) in [6.07, 6.45) is 6.77. The number of rotatable bonds is 9. The van der Waals surface area contributed by atoms with E-state index >= 15 is 0 Å². The SMILES string of the molecule is NCCCCn1c(SCCc2c[nH]c3ccccc23)nnc1-c1cnc2ccccc2n1. The van der Waals surface area contributed by atoms with Crippen LogP contribution in [-0.4, -0.2) is 42.0 Å². The number of benzene rings is 2. The van der Waals surface area contributed by atoms with Gasteiger partial charge in [0.15, 0.2) is 11.0 Å². The first kappa shape index (κ1) is 20.7. The molecule has 7 nitrogen and oxygen atoms in total. The molecule has 0 radical (unpaired) electrons. The van der Waals surface area contributed by atoms with Gasteiger partial charge >= 0.3 is 0 Å². The number of nitrogens with two attached hydrogens (primary N) is 1. The zero-order chi connectivity index (χ0) is 21.8. The lowest BCUT2D eigenvalue weighted by atomic mass is 10.1. The van der Waals surface area contributed by atoms with Gasteiger partial charge in [-0.2, -0.15) is 0 Å². The summed E-state index contributed by atoms with van der Waals surface area (Å²) in [6.45, 7) is 1.49. The maximum atomic E-state index is 5.73. The summed E-state index contributed by atoms with van der Waals surface area (Å²) in [6, 6.07) is 16.3. The van der Waals surface area contributed by atoms with Crippen molar-refractivity contribution in [1.29, 1.82) is 0 Å². The van der Waals surface area contributed by atoms with E-state index in [2.05, 4.69) is 55.2 Å². The molecule has 5 aromatic rings. The van der Waals surface area contributed by atoms with Crippen molar-refractivity contribution < 1.29 is 0 Å². The number of aromatic amines is 1. The number of fused-ring (bicyclic) bond motifs is 2. The van der Waals surface area contributed by atoms with Gasteiger partial charge in [-0.1, -0.05) is 42.1 Å². The Kier molecular flexibility index (Phi) is 6.13. The minimum absolute atomic E-state index is 0.677. The van der Waals surface area contributed by atoms with Gasteiger partial charge in [0.25, 0.3) is 0 Å². The molecule has 3 heterocycles. The smallest absolute Gasteiger partial charge is 0.191 e. The molecule has 0 aliphatic rings. The molecule has 0 saturated heterocycles. The van der Waals surface area contributed by atoms with E-state index in [1.54, 1.807) is 18.0 Å². The fraction of sp³-hybridized carbons (Fsp3) is 0.250. The fourth-order valence-electron chi connectivity index (χ4n) is 3.86. The lowest BCUT2D eigenvalue weighted by Crippen LogP contribution is -2.07. The van der Waals surface area contributed by atoms with Crippen molar-refractivity contribution >= 4 is 33.7 Å². The minimum Gasteiger partial charge on any atom is -0.361 e. The van der Waals surface area contributed by atoms with Crippen LogP contribution in [0.2, 0.25) is 0 Å². The van der Waals surface area contributed by atoms with Gasteiger partial charge < -0.3 is 15.3 Å². The molecule has 0 fully saturated rings. The highest BCUT2D eigenvalue weighted by Gasteiger charge is 2.16. The van der Waals surface area contributed by atoms with E-state index in [0.29, 0.717) is 6.54 Å². The van der Waals surface area contributed by atoms with Crippen LogP contribution in [0.25, 0.3) is 33.5 Å². The molecule has 32 heavy (non-hydrogen) atoms. The Morgan fingerprint density at radius 1 is 0.969 bits per heavy atom. The van der Waals surface area contributed by atoms with Crippen LogP contribution in [0.1, 0.15) is 18.4 Å². The molecule has 0 amide bonds. The molecular weight excluding hydrogens is 418 g/mol. The van der Waals surface area contributed by atoms with E-state index in [-0.39, 0.29) is 0 Å². The van der Waals surface area contributed by atoms with Gasteiger partial charge in [0, 0.05) is 29.4 Å². The van der Waals surface area contributed by atoms with Crippen LogP contribution in [0.3, 0.4) is 0 Å². The number of thioether (sulfide) groups is 1. The predicted molar refractivity (Wildman–Crippen MR) is 130 cm³/mol. The quantitative estimate of drug-likeness (QED) is 0.258. The topological polar surface area (TPSA) is 98.3 Å². The third kappa shape index (κ3) is 4.24. The second-order valence-corrected chi connectivity index (χ2v) is 8.72. The molecular formula is C24H25N7S. The van der Waals surface area contributed by atoms with E-state index in [1.165, 1.54) is 16.5 Å². The van der Waals surface area contributed by atoms with Crippen LogP contribution in [-0.2, 0) is 13.0 Å². The Bertz CT molecular complexity index is 1340. The van der Waals surface area contributed by atoms with Crippen LogP contribution in [0.5, 0.6) is 0 Å². The average Bonchev–Trinajstić information content (AvgIpc) is 3.43. The fourth-order valence-corrected chi connectivity index (χ4v) is 4.79. The number of aryl methyl sites for hydroxylation is 1. The van der Waals surface area contributed by atoms with Gasteiger partial charge in [-0.3, -0.25) is 4.98 Å². The summed E-state index contributed by atoms with van der Waals surface area (Å²) in [4.78, 5) is 12.7. The minimum atomic E-state index is 0.677. The van der Waals surface area contributed by atoms with Crippen LogP contribution >= 0.6 is 11.8 Å². The Morgan fingerprint density at radius 2 is 1.81 bits per heavy atom. The third-order valence-corrected chi connectivity index (χ3v) is 6.48. The first-order valence-electron chi connectivity index (χ1n) is 10.9. The van der Waals surface area contributed by atoms with Crippen LogP contribution in [0.4, 0.5) is 0 Å². The third-order valence-electron chi connectivity index (χ3n) is 5.51. The van der Waals surface area contributed by atoms with Gasteiger partial charge in [-0.25, -0.2) is 4.98 Å². The summed E-state index contributed by atoms with van der Waals surface area (Å²) in [5, 5.41) is 11.2. The number of para-hydroxylation sites is 3. The highest BCUT2D eigenvalue weighted by Crippen LogP contribution is 2.26. The molecule has 0 aliphatic carbocycles. The van der Waals surface area contributed by atoms with Crippen molar-refractivity contribution in [2.24, 2.45) is 5.73 Å². The molecule has 0 unspecified atom stereocenters. The molecule has 162 valence electrons. The molecule has 8 heteroatoms. The molecule has 0 aliphatic heterocycles. The highest BCUT2D eigenvalue weighted by molar-refractivity contribution is 7.99. The van der Waals surface area contributed by atoms with Crippen molar-refractivity contribution in [3.63, 3.8) is 0 Å². The molecule has 2 aromatic carbocycles. The number of aromatic nitrogens is 6. The van der Waals surface area contributed by atoms with E-state index in [4.69, 9.17) is 10.7 Å². The van der Waals surface area contributed by atoms with Crippen molar-refractivity contribution in [3.8, 4) is 11.5 Å². The second kappa shape index (κ2) is 9.50. The standard InChI is InChI=1S/C24H25N7S/c25-12-5-6-13-31-23(22-16-27-20-9-3-4-10-21(20)28-22)29-30-24(31)32-14-11-17-15-26-19-8-2-1-7-18(17)19/h1-4,7-10,15-16,26H,5-6,11-14,25H2. The largest absolute Gasteiger partial charge is 0.361 e. The molecule has 3 N–H and O–H groups in total. The first-order chi connectivity index (χ1) is 15.8. The number of nitrogens with one attached hydrogen (secondary N) is 1. The molecule has 3 aromatic heterocycles. The van der Waals surface area contributed by atoms with Gasteiger partial charge in [0.2, 0.25) is 0 Å². The van der Waals surface area contributed by atoms with Crippen molar-refractivity contribution in [3.05, 3.63) is 66.5 Å². The number of hydrogen-bond donors (Lipinski definition) is 2. The summed E-state index contributed by atoms with van der Waals surface area (Å²) >= 11 is 1.73. The Morgan fingerprint density at radius 3 is 2.72 bits per heavy atom. The second-order valence-electron chi connectivity index (χ2n) is 7.66. The van der Waals surface area contributed by atoms with Crippen LogP contribution in [0, 0.1) is 0 Å². The highest BCUT2D eigenvalue weighted by atomic mass is 32.2. The maximum absolute atomic E-state index is 5.73. The van der Waals surface area contributed by atoms with E-state index in [0.717, 1.165) is 59.3 Å². The van der Waals surface area contributed by atoms with Crippen LogP contribution < -0.4 is 5.73 Å². The normalized spacial score (nSPS) is 11.5. The summed E-state index contributed by atoms with van der Waals surface area (Å²) in [5.41, 5.74) is 10.7. The van der Waals surface area contributed by atoms with Gasteiger partial charge in [-0.15, -0.1) is 10.2 Å². The zero-order valence-corrected chi connectivity index (χ0v) is 18.6. The lowest BCUT2D eigenvalue weighted by Gasteiger charge is -2.10. The Labute approximate surface area is 190 Å². The zero-order valence-electron chi connectivity index (χ0n) is 17.7. The Hall–Kier alpha value is -3.23. The Balaban J connectivity index is 1.38. The van der Waals surface area contributed by atoms with Crippen molar-refractivity contribution in [2.45, 2.75) is 31.0 Å². The molecule has 0 saturated carbocycles. The van der Waals surface area contributed by atoms with Gasteiger partial charge in [0.1, 0.15) is 5.69 Å². The van der Waals surface area contributed by atoms with Crippen molar-refractivity contribution in [2.75, 3.05) is 12.3 Å². The lowest BCUT2D eigenvalue weighted by molar-refractivity contribution is 0.579. The summed E-state index contributed by atoms with van der Waals surface area (Å²) in [7, 11) is 0.